The molecule has 1 fully saturated rings. The lowest BCUT2D eigenvalue weighted by Crippen LogP contribution is -2.61. The van der Waals surface area contributed by atoms with Crippen molar-refractivity contribution in [3.05, 3.63) is 23.1 Å². The summed E-state index contributed by atoms with van der Waals surface area (Å²) in [6.07, 6.45) is -3.46. The highest BCUT2D eigenvalue weighted by molar-refractivity contribution is 6.30. The molecule has 1 aliphatic heterocycles. The van der Waals surface area contributed by atoms with Gasteiger partial charge < -0.3 is 30.1 Å². The number of ether oxygens (including phenoxy) is 2. The standard InChI is InChI=1S/C12H16ClFN2O5/c1-20-12-8(10(19)9(18)7(4-17)21-12)16-11-6(14)2-5(13)3-15-11/h2-3,7-10,12,17-19H,4H2,1H3,(H,15,16)/t7-,8-,9+,10-,12?/m1/s1. The van der Waals surface area contributed by atoms with E-state index in [4.69, 9.17) is 26.2 Å². The molecule has 2 rings (SSSR count). The van der Waals surface area contributed by atoms with E-state index >= 15 is 0 Å². The first-order valence-corrected chi connectivity index (χ1v) is 6.58. The van der Waals surface area contributed by atoms with Crippen LogP contribution in [0, 0.1) is 5.82 Å². The number of aliphatic hydroxyl groups is 3. The van der Waals surface area contributed by atoms with Crippen molar-refractivity contribution >= 4 is 17.4 Å². The van der Waals surface area contributed by atoms with Crippen molar-refractivity contribution < 1.29 is 29.2 Å². The first kappa shape index (κ1) is 16.3. The number of nitrogens with zero attached hydrogens (tertiary/aromatic N) is 1. The molecule has 0 amide bonds. The summed E-state index contributed by atoms with van der Waals surface area (Å²) in [5.74, 6) is -0.882. The Hall–Kier alpha value is -1.03. The van der Waals surface area contributed by atoms with Crippen LogP contribution in [-0.4, -0.2) is 64.7 Å². The Morgan fingerprint density at radius 2 is 2.19 bits per heavy atom. The summed E-state index contributed by atoms with van der Waals surface area (Å²) < 4.78 is 24.1. The molecule has 9 heteroatoms. The summed E-state index contributed by atoms with van der Waals surface area (Å²) in [6.45, 7) is -0.488. The van der Waals surface area contributed by atoms with Crippen LogP contribution in [0.15, 0.2) is 12.3 Å². The van der Waals surface area contributed by atoms with Crippen molar-refractivity contribution in [3.63, 3.8) is 0 Å². The summed E-state index contributed by atoms with van der Waals surface area (Å²) in [5.41, 5.74) is 0. The van der Waals surface area contributed by atoms with Crippen LogP contribution in [0.2, 0.25) is 5.02 Å². The zero-order valence-corrected chi connectivity index (χ0v) is 11.9. The smallest absolute Gasteiger partial charge is 0.180 e. The van der Waals surface area contributed by atoms with E-state index < -0.39 is 43.1 Å². The van der Waals surface area contributed by atoms with Crippen molar-refractivity contribution in [2.24, 2.45) is 0 Å². The van der Waals surface area contributed by atoms with Gasteiger partial charge in [0.15, 0.2) is 17.9 Å². The van der Waals surface area contributed by atoms with Gasteiger partial charge in [-0.15, -0.1) is 0 Å². The van der Waals surface area contributed by atoms with Crippen LogP contribution in [0.4, 0.5) is 10.2 Å². The van der Waals surface area contributed by atoms with Crippen molar-refractivity contribution in [1.82, 2.24) is 4.98 Å². The minimum absolute atomic E-state index is 0.127. The molecule has 1 unspecified atom stereocenters. The molecule has 21 heavy (non-hydrogen) atoms. The summed E-state index contributed by atoms with van der Waals surface area (Å²) >= 11 is 5.61. The summed E-state index contributed by atoms with van der Waals surface area (Å²) in [5, 5.41) is 31.8. The summed E-state index contributed by atoms with van der Waals surface area (Å²) in [4.78, 5) is 3.77. The average Bonchev–Trinajstić information content (AvgIpc) is 2.46. The van der Waals surface area contributed by atoms with Gasteiger partial charge in [-0.3, -0.25) is 0 Å². The number of pyridine rings is 1. The van der Waals surface area contributed by atoms with Gasteiger partial charge >= 0.3 is 0 Å². The molecule has 0 spiro atoms. The second kappa shape index (κ2) is 6.82. The van der Waals surface area contributed by atoms with Gasteiger partial charge in [0.2, 0.25) is 0 Å². The summed E-state index contributed by atoms with van der Waals surface area (Å²) in [6, 6.07) is 0.0813. The fraction of sp³-hybridized carbons (Fsp3) is 0.583. The van der Waals surface area contributed by atoms with E-state index in [1.807, 2.05) is 0 Å². The van der Waals surface area contributed by atoms with Gasteiger partial charge in [0, 0.05) is 13.3 Å². The predicted molar refractivity (Wildman–Crippen MR) is 71.4 cm³/mol. The number of anilines is 1. The van der Waals surface area contributed by atoms with Crippen LogP contribution in [0.1, 0.15) is 0 Å². The highest BCUT2D eigenvalue weighted by Crippen LogP contribution is 2.25. The molecule has 4 N–H and O–H groups in total. The molecule has 1 saturated heterocycles. The maximum Gasteiger partial charge on any atom is 0.180 e. The molecular weight excluding hydrogens is 307 g/mol. The molecule has 1 aromatic rings. The molecule has 0 saturated carbocycles. The highest BCUT2D eigenvalue weighted by Gasteiger charge is 2.44. The van der Waals surface area contributed by atoms with Crippen LogP contribution in [0.3, 0.4) is 0 Å². The molecule has 0 aliphatic carbocycles. The van der Waals surface area contributed by atoms with E-state index in [1.165, 1.54) is 13.3 Å². The van der Waals surface area contributed by atoms with Gasteiger partial charge in [-0.25, -0.2) is 9.37 Å². The first-order chi connectivity index (χ1) is 9.97. The van der Waals surface area contributed by atoms with Crippen molar-refractivity contribution in [1.29, 1.82) is 0 Å². The Labute approximate surface area is 125 Å². The van der Waals surface area contributed by atoms with Gasteiger partial charge in [-0.2, -0.15) is 0 Å². The number of halogens is 2. The SMILES string of the molecule is COC1O[C@H](CO)[C@H](O)[C@H](O)[C@H]1Nc1ncc(Cl)cc1F. The number of nitrogens with one attached hydrogen (secondary N) is 1. The minimum Gasteiger partial charge on any atom is -0.394 e. The topological polar surface area (TPSA) is 104 Å². The molecule has 0 bridgehead atoms. The van der Waals surface area contributed by atoms with E-state index in [1.54, 1.807) is 0 Å². The Morgan fingerprint density at radius 3 is 2.76 bits per heavy atom. The van der Waals surface area contributed by atoms with Crippen LogP contribution in [-0.2, 0) is 9.47 Å². The molecule has 0 radical (unpaired) electrons. The molecule has 0 aromatic carbocycles. The molecule has 5 atom stereocenters. The third kappa shape index (κ3) is 3.42. The monoisotopic (exact) mass is 322 g/mol. The lowest BCUT2D eigenvalue weighted by atomic mass is 9.97. The Bertz CT molecular complexity index is 493. The Kier molecular flexibility index (Phi) is 5.31. The minimum atomic E-state index is -1.35. The van der Waals surface area contributed by atoms with Crippen molar-refractivity contribution in [2.45, 2.75) is 30.6 Å². The predicted octanol–water partition coefficient (Wildman–Crippen LogP) is -0.260. The maximum absolute atomic E-state index is 13.7. The molecule has 1 aromatic heterocycles. The van der Waals surface area contributed by atoms with E-state index in [2.05, 4.69) is 10.3 Å². The van der Waals surface area contributed by atoms with Crippen LogP contribution in [0.25, 0.3) is 0 Å². The number of hydrogen-bond donors (Lipinski definition) is 4. The number of aromatic nitrogens is 1. The van der Waals surface area contributed by atoms with Crippen LogP contribution in [0.5, 0.6) is 0 Å². The normalized spacial score (nSPS) is 33.0. The van der Waals surface area contributed by atoms with Gasteiger partial charge in [0.25, 0.3) is 0 Å². The van der Waals surface area contributed by atoms with Gasteiger partial charge in [-0.05, 0) is 6.07 Å². The number of rotatable bonds is 4. The highest BCUT2D eigenvalue weighted by atomic mass is 35.5. The molecule has 2 heterocycles. The average molecular weight is 323 g/mol. The quantitative estimate of drug-likeness (QED) is 0.605. The molecule has 1 aliphatic rings. The van der Waals surface area contributed by atoms with Crippen LogP contribution < -0.4 is 5.32 Å². The second-order valence-electron chi connectivity index (χ2n) is 4.60. The Balaban J connectivity index is 2.20. The van der Waals surface area contributed by atoms with Crippen molar-refractivity contribution in [2.75, 3.05) is 19.0 Å². The zero-order chi connectivity index (χ0) is 15.6. The summed E-state index contributed by atoms with van der Waals surface area (Å²) in [7, 11) is 1.32. The van der Waals surface area contributed by atoms with Gasteiger partial charge in [0.1, 0.15) is 24.4 Å². The lowest BCUT2D eigenvalue weighted by Gasteiger charge is -2.41. The third-order valence-corrected chi connectivity index (χ3v) is 3.43. The van der Waals surface area contributed by atoms with E-state index in [9.17, 15) is 14.6 Å². The zero-order valence-electron chi connectivity index (χ0n) is 11.1. The molecule has 118 valence electrons. The largest absolute Gasteiger partial charge is 0.394 e. The lowest BCUT2D eigenvalue weighted by molar-refractivity contribution is -0.254. The number of aliphatic hydroxyl groups excluding tert-OH is 3. The fourth-order valence-corrected chi connectivity index (χ4v) is 2.26. The van der Waals surface area contributed by atoms with E-state index in [0.717, 1.165) is 6.07 Å². The van der Waals surface area contributed by atoms with E-state index in [0.29, 0.717) is 0 Å². The van der Waals surface area contributed by atoms with Gasteiger partial charge in [-0.1, -0.05) is 11.6 Å². The maximum atomic E-state index is 13.7. The Morgan fingerprint density at radius 1 is 1.48 bits per heavy atom. The number of hydrogen-bond acceptors (Lipinski definition) is 7. The van der Waals surface area contributed by atoms with Crippen molar-refractivity contribution in [3.8, 4) is 0 Å². The molecule has 7 nitrogen and oxygen atoms in total. The van der Waals surface area contributed by atoms with E-state index in [-0.39, 0.29) is 10.8 Å². The molecular formula is C12H16ClFN2O5. The fourth-order valence-electron chi connectivity index (χ4n) is 2.12. The first-order valence-electron chi connectivity index (χ1n) is 6.20. The third-order valence-electron chi connectivity index (χ3n) is 3.22. The number of methoxy groups -OCH3 is 1. The van der Waals surface area contributed by atoms with Crippen LogP contribution >= 0.6 is 11.6 Å². The second-order valence-corrected chi connectivity index (χ2v) is 5.03. The van der Waals surface area contributed by atoms with Gasteiger partial charge in [0.05, 0.1) is 11.6 Å².